The van der Waals surface area contributed by atoms with Crippen molar-refractivity contribution in [3.05, 3.63) is 29.2 Å². The van der Waals surface area contributed by atoms with Gasteiger partial charge in [0.15, 0.2) is 5.65 Å². The number of halogens is 1. The highest BCUT2D eigenvalue weighted by Gasteiger charge is 2.06. The normalized spacial score (nSPS) is 13.4. The van der Waals surface area contributed by atoms with Crippen molar-refractivity contribution in [3.8, 4) is 0 Å². The molecule has 4 nitrogen and oxygen atoms in total. The maximum absolute atomic E-state index is 5.79. The van der Waals surface area contributed by atoms with Crippen LogP contribution in [0.5, 0.6) is 0 Å². The molecule has 1 unspecified atom stereocenters. The Morgan fingerprint density at radius 3 is 3.07 bits per heavy atom. The van der Waals surface area contributed by atoms with Gasteiger partial charge in [-0.3, -0.25) is 0 Å². The molecular formula is C9H11ClN4. The predicted octanol–water partition coefficient (Wildman–Crippen LogP) is 1.27. The van der Waals surface area contributed by atoms with Crippen LogP contribution in [-0.2, 0) is 6.42 Å². The van der Waals surface area contributed by atoms with E-state index in [0.29, 0.717) is 5.15 Å². The first-order valence-corrected chi connectivity index (χ1v) is 4.79. The third-order valence-corrected chi connectivity index (χ3v) is 2.13. The molecule has 0 saturated carbocycles. The molecule has 1 atom stereocenters. The van der Waals surface area contributed by atoms with E-state index in [0.717, 1.165) is 17.8 Å². The molecule has 0 aliphatic carbocycles. The van der Waals surface area contributed by atoms with E-state index in [2.05, 4.69) is 10.1 Å². The molecule has 2 heterocycles. The molecule has 74 valence electrons. The second kappa shape index (κ2) is 3.55. The topological polar surface area (TPSA) is 56.2 Å². The standard InChI is InChI=1S/C9H11ClN4/c1-6(11)4-7-5-12-9-3-2-8(10)13-14(7)9/h2-3,5-6H,4,11H2,1H3. The zero-order valence-corrected chi connectivity index (χ0v) is 8.57. The minimum Gasteiger partial charge on any atom is -0.328 e. The molecule has 0 spiro atoms. The van der Waals surface area contributed by atoms with Crippen molar-refractivity contribution in [2.75, 3.05) is 0 Å². The van der Waals surface area contributed by atoms with Gasteiger partial charge in [-0.25, -0.2) is 9.50 Å². The molecular weight excluding hydrogens is 200 g/mol. The summed E-state index contributed by atoms with van der Waals surface area (Å²) in [5.41, 5.74) is 7.49. The van der Waals surface area contributed by atoms with E-state index < -0.39 is 0 Å². The van der Waals surface area contributed by atoms with Crippen molar-refractivity contribution in [2.24, 2.45) is 5.73 Å². The third kappa shape index (κ3) is 1.71. The number of hydrogen-bond acceptors (Lipinski definition) is 3. The zero-order valence-electron chi connectivity index (χ0n) is 7.81. The second-order valence-corrected chi connectivity index (χ2v) is 3.74. The summed E-state index contributed by atoms with van der Waals surface area (Å²) in [5, 5.41) is 4.61. The lowest BCUT2D eigenvalue weighted by Gasteiger charge is -2.03. The van der Waals surface area contributed by atoms with Crippen molar-refractivity contribution >= 4 is 17.2 Å². The average Bonchev–Trinajstić information content (AvgIpc) is 2.47. The van der Waals surface area contributed by atoms with Gasteiger partial charge < -0.3 is 5.73 Å². The van der Waals surface area contributed by atoms with Crippen LogP contribution in [0.15, 0.2) is 18.3 Å². The molecule has 0 bridgehead atoms. The van der Waals surface area contributed by atoms with Crippen LogP contribution in [0, 0.1) is 0 Å². The summed E-state index contributed by atoms with van der Waals surface area (Å²) in [6.45, 7) is 1.95. The van der Waals surface area contributed by atoms with E-state index >= 15 is 0 Å². The van der Waals surface area contributed by atoms with Crippen molar-refractivity contribution in [3.63, 3.8) is 0 Å². The van der Waals surface area contributed by atoms with Crippen molar-refractivity contribution in [1.82, 2.24) is 14.6 Å². The van der Waals surface area contributed by atoms with Crippen LogP contribution in [-0.4, -0.2) is 20.6 Å². The lowest BCUT2D eigenvalue weighted by molar-refractivity contribution is 0.699. The van der Waals surface area contributed by atoms with E-state index in [1.165, 1.54) is 0 Å². The SMILES string of the molecule is CC(N)Cc1cnc2ccc(Cl)nn12. The number of nitrogens with zero attached hydrogens (tertiary/aromatic N) is 3. The van der Waals surface area contributed by atoms with Gasteiger partial charge in [0.1, 0.15) is 5.15 Å². The van der Waals surface area contributed by atoms with Crippen LogP contribution < -0.4 is 5.73 Å². The van der Waals surface area contributed by atoms with Crippen LogP contribution in [0.1, 0.15) is 12.6 Å². The fourth-order valence-electron chi connectivity index (χ4n) is 1.37. The largest absolute Gasteiger partial charge is 0.328 e. The molecule has 0 aliphatic heterocycles. The minimum atomic E-state index is 0.0932. The van der Waals surface area contributed by atoms with Crippen LogP contribution in [0.25, 0.3) is 5.65 Å². The Labute approximate surface area is 86.7 Å². The molecule has 2 aromatic rings. The van der Waals surface area contributed by atoms with Crippen LogP contribution in [0.2, 0.25) is 5.15 Å². The summed E-state index contributed by atoms with van der Waals surface area (Å²) in [4.78, 5) is 4.20. The van der Waals surface area contributed by atoms with E-state index in [-0.39, 0.29) is 6.04 Å². The molecule has 5 heteroatoms. The molecule has 2 aromatic heterocycles. The third-order valence-electron chi connectivity index (χ3n) is 1.93. The van der Waals surface area contributed by atoms with Gasteiger partial charge in [-0.05, 0) is 19.1 Å². The Bertz CT molecular complexity index is 449. The van der Waals surface area contributed by atoms with Crippen LogP contribution in [0.3, 0.4) is 0 Å². The summed E-state index contributed by atoms with van der Waals surface area (Å²) >= 11 is 5.79. The van der Waals surface area contributed by atoms with Crippen molar-refractivity contribution in [2.45, 2.75) is 19.4 Å². The summed E-state index contributed by atoms with van der Waals surface area (Å²) in [6.07, 6.45) is 2.52. The summed E-state index contributed by atoms with van der Waals surface area (Å²) in [5.74, 6) is 0. The first kappa shape index (κ1) is 9.43. The maximum atomic E-state index is 5.79. The van der Waals surface area contributed by atoms with E-state index in [9.17, 15) is 0 Å². The van der Waals surface area contributed by atoms with Gasteiger partial charge in [0.2, 0.25) is 0 Å². The molecule has 2 N–H and O–H groups in total. The Hall–Kier alpha value is -1.13. The van der Waals surface area contributed by atoms with Gasteiger partial charge >= 0.3 is 0 Å². The van der Waals surface area contributed by atoms with Crippen LogP contribution in [0.4, 0.5) is 0 Å². The number of aromatic nitrogens is 3. The number of imidazole rings is 1. The number of fused-ring (bicyclic) bond motifs is 1. The van der Waals surface area contributed by atoms with Gasteiger partial charge in [0.25, 0.3) is 0 Å². The number of rotatable bonds is 2. The molecule has 0 aromatic carbocycles. The lowest BCUT2D eigenvalue weighted by atomic mass is 10.2. The molecule has 2 rings (SSSR count). The Kier molecular flexibility index (Phi) is 2.39. The van der Waals surface area contributed by atoms with Gasteiger partial charge in [-0.1, -0.05) is 11.6 Å². The van der Waals surface area contributed by atoms with Crippen LogP contribution >= 0.6 is 11.6 Å². The molecule has 0 saturated heterocycles. The Morgan fingerprint density at radius 1 is 1.57 bits per heavy atom. The summed E-state index contributed by atoms with van der Waals surface area (Å²) in [7, 11) is 0. The highest BCUT2D eigenvalue weighted by atomic mass is 35.5. The van der Waals surface area contributed by atoms with E-state index in [1.54, 1.807) is 16.8 Å². The lowest BCUT2D eigenvalue weighted by Crippen LogP contribution is -2.19. The van der Waals surface area contributed by atoms with Gasteiger partial charge in [-0.15, -0.1) is 0 Å². The minimum absolute atomic E-state index is 0.0932. The molecule has 0 fully saturated rings. The molecule has 0 aliphatic rings. The van der Waals surface area contributed by atoms with Crippen molar-refractivity contribution < 1.29 is 0 Å². The number of hydrogen-bond donors (Lipinski definition) is 1. The maximum Gasteiger partial charge on any atom is 0.153 e. The van der Waals surface area contributed by atoms with Gasteiger partial charge in [0, 0.05) is 12.5 Å². The zero-order chi connectivity index (χ0) is 10.1. The highest BCUT2D eigenvalue weighted by Crippen LogP contribution is 2.10. The quantitative estimate of drug-likeness (QED) is 0.812. The molecule has 0 radical (unpaired) electrons. The second-order valence-electron chi connectivity index (χ2n) is 3.36. The fourth-order valence-corrected chi connectivity index (χ4v) is 1.51. The first-order chi connectivity index (χ1) is 6.66. The van der Waals surface area contributed by atoms with Gasteiger partial charge in [-0.2, -0.15) is 5.10 Å². The van der Waals surface area contributed by atoms with Gasteiger partial charge in [0.05, 0.1) is 11.9 Å². The fraction of sp³-hybridized carbons (Fsp3) is 0.333. The van der Waals surface area contributed by atoms with E-state index in [4.69, 9.17) is 17.3 Å². The summed E-state index contributed by atoms with van der Waals surface area (Å²) in [6, 6.07) is 3.65. The van der Waals surface area contributed by atoms with Crippen molar-refractivity contribution in [1.29, 1.82) is 0 Å². The Morgan fingerprint density at radius 2 is 2.36 bits per heavy atom. The van der Waals surface area contributed by atoms with E-state index in [1.807, 2.05) is 13.0 Å². The molecule has 0 amide bonds. The molecule has 14 heavy (non-hydrogen) atoms. The predicted molar refractivity (Wildman–Crippen MR) is 55.4 cm³/mol. The Balaban J connectivity index is 2.50. The monoisotopic (exact) mass is 210 g/mol. The highest BCUT2D eigenvalue weighted by molar-refractivity contribution is 6.29. The smallest absolute Gasteiger partial charge is 0.153 e. The summed E-state index contributed by atoms with van der Waals surface area (Å²) < 4.78 is 1.73. The average molecular weight is 211 g/mol. The first-order valence-electron chi connectivity index (χ1n) is 4.41. The number of nitrogens with two attached hydrogens (primary N) is 1.